The van der Waals surface area contributed by atoms with Crippen molar-refractivity contribution in [3.63, 3.8) is 0 Å². The van der Waals surface area contributed by atoms with Crippen LogP contribution in [0.2, 0.25) is 0 Å². The molecule has 5 heteroatoms. The zero-order valence-corrected chi connectivity index (χ0v) is 10.3. The van der Waals surface area contributed by atoms with Crippen molar-refractivity contribution in [1.82, 2.24) is 9.97 Å². The molecule has 0 aliphatic heterocycles. The highest BCUT2D eigenvalue weighted by Gasteiger charge is 2.08. The van der Waals surface area contributed by atoms with E-state index in [-0.39, 0.29) is 11.0 Å². The fourth-order valence-corrected chi connectivity index (χ4v) is 2.06. The molecule has 2 heterocycles. The van der Waals surface area contributed by atoms with Crippen molar-refractivity contribution in [2.45, 2.75) is 0 Å². The first-order valence-electron chi connectivity index (χ1n) is 5.96. The largest absolute Gasteiger partial charge is 0.478 e. The van der Waals surface area contributed by atoms with Gasteiger partial charge in [0.15, 0.2) is 5.43 Å². The van der Waals surface area contributed by atoms with E-state index in [0.717, 1.165) is 5.56 Å². The molecule has 98 valence electrons. The fourth-order valence-electron chi connectivity index (χ4n) is 2.06. The summed E-state index contributed by atoms with van der Waals surface area (Å²) in [5.41, 5.74) is 1.92. The minimum absolute atomic E-state index is 0.0946. The van der Waals surface area contributed by atoms with Crippen molar-refractivity contribution in [2.75, 3.05) is 0 Å². The molecular formula is C15H10N2O3. The third kappa shape index (κ3) is 2.05. The minimum atomic E-state index is -1.05. The molecule has 0 aliphatic carbocycles. The number of aromatic amines is 1. The Morgan fingerprint density at radius 1 is 1.20 bits per heavy atom. The van der Waals surface area contributed by atoms with Crippen LogP contribution < -0.4 is 5.43 Å². The summed E-state index contributed by atoms with van der Waals surface area (Å²) in [4.78, 5) is 30.2. The number of hydrogen-bond donors (Lipinski definition) is 2. The molecule has 0 saturated heterocycles. The minimum Gasteiger partial charge on any atom is -0.478 e. The van der Waals surface area contributed by atoms with Gasteiger partial charge in [0.2, 0.25) is 0 Å². The zero-order valence-electron chi connectivity index (χ0n) is 10.3. The van der Waals surface area contributed by atoms with Gasteiger partial charge in [-0.2, -0.15) is 0 Å². The Labute approximate surface area is 113 Å². The maximum absolute atomic E-state index is 12.1. The second-order valence-corrected chi connectivity index (χ2v) is 4.35. The molecule has 20 heavy (non-hydrogen) atoms. The van der Waals surface area contributed by atoms with E-state index < -0.39 is 5.97 Å². The van der Waals surface area contributed by atoms with Crippen LogP contribution in [-0.4, -0.2) is 21.0 Å². The van der Waals surface area contributed by atoms with Crippen LogP contribution in [-0.2, 0) is 0 Å². The summed E-state index contributed by atoms with van der Waals surface area (Å²) >= 11 is 0. The molecule has 2 aromatic heterocycles. The molecule has 1 aromatic carbocycles. The van der Waals surface area contributed by atoms with E-state index in [4.69, 9.17) is 5.11 Å². The van der Waals surface area contributed by atoms with Gasteiger partial charge in [-0.1, -0.05) is 0 Å². The van der Waals surface area contributed by atoms with Crippen molar-refractivity contribution in [2.24, 2.45) is 0 Å². The van der Waals surface area contributed by atoms with E-state index in [1.807, 2.05) is 6.07 Å². The lowest BCUT2D eigenvalue weighted by molar-refractivity contribution is 0.0697. The van der Waals surface area contributed by atoms with Gasteiger partial charge in [-0.15, -0.1) is 0 Å². The molecule has 0 unspecified atom stereocenters. The Balaban J connectivity index is 2.24. The van der Waals surface area contributed by atoms with Gasteiger partial charge < -0.3 is 10.1 Å². The number of H-pyrrole nitrogens is 1. The Hall–Kier alpha value is -2.95. The van der Waals surface area contributed by atoms with Crippen LogP contribution in [0.5, 0.6) is 0 Å². The van der Waals surface area contributed by atoms with Crippen LogP contribution in [0.15, 0.2) is 53.6 Å². The molecule has 0 radical (unpaired) electrons. The Morgan fingerprint density at radius 2 is 2.05 bits per heavy atom. The summed E-state index contributed by atoms with van der Waals surface area (Å²) in [6, 6.07) is 9.52. The number of nitrogens with zero attached hydrogens (tertiary/aromatic N) is 1. The average Bonchev–Trinajstić information content (AvgIpc) is 2.47. The van der Waals surface area contributed by atoms with Crippen LogP contribution in [0.3, 0.4) is 0 Å². The molecule has 0 amide bonds. The fraction of sp³-hybridized carbons (Fsp3) is 0. The zero-order chi connectivity index (χ0) is 14.1. The summed E-state index contributed by atoms with van der Waals surface area (Å²) in [7, 11) is 0. The normalized spacial score (nSPS) is 10.6. The van der Waals surface area contributed by atoms with Gasteiger partial charge in [-0.05, 0) is 30.3 Å². The second kappa shape index (κ2) is 4.62. The molecule has 2 N–H and O–H groups in total. The van der Waals surface area contributed by atoms with E-state index in [1.165, 1.54) is 18.2 Å². The number of hydrogen-bond acceptors (Lipinski definition) is 3. The number of fused-ring (bicyclic) bond motifs is 1. The van der Waals surface area contributed by atoms with E-state index in [0.29, 0.717) is 16.6 Å². The van der Waals surface area contributed by atoms with Gasteiger partial charge in [-0.25, -0.2) is 4.79 Å². The Kier molecular flexibility index (Phi) is 2.80. The number of benzene rings is 1. The molecule has 0 bridgehead atoms. The summed E-state index contributed by atoms with van der Waals surface area (Å²) in [5.74, 6) is -1.05. The van der Waals surface area contributed by atoms with Gasteiger partial charge >= 0.3 is 5.97 Å². The molecule has 5 nitrogen and oxygen atoms in total. The van der Waals surface area contributed by atoms with Gasteiger partial charge in [0.1, 0.15) is 0 Å². The monoisotopic (exact) mass is 266 g/mol. The van der Waals surface area contributed by atoms with Crippen LogP contribution in [0.1, 0.15) is 10.4 Å². The second-order valence-electron chi connectivity index (χ2n) is 4.35. The summed E-state index contributed by atoms with van der Waals surface area (Å²) in [6.45, 7) is 0. The van der Waals surface area contributed by atoms with Gasteiger partial charge in [-0.3, -0.25) is 9.78 Å². The van der Waals surface area contributed by atoms with Crippen molar-refractivity contribution in [3.05, 3.63) is 64.6 Å². The van der Waals surface area contributed by atoms with E-state index in [1.54, 1.807) is 24.5 Å². The summed E-state index contributed by atoms with van der Waals surface area (Å²) < 4.78 is 0. The molecule has 3 rings (SSSR count). The number of carboxylic acid groups (broad SMARTS) is 1. The predicted octanol–water partition coefficient (Wildman–Crippen LogP) is 2.29. The van der Waals surface area contributed by atoms with Crippen molar-refractivity contribution < 1.29 is 9.90 Å². The maximum Gasteiger partial charge on any atom is 0.335 e. The van der Waals surface area contributed by atoms with Gasteiger partial charge in [0, 0.05) is 34.9 Å². The number of aromatic carboxylic acids is 1. The first-order valence-corrected chi connectivity index (χ1v) is 5.96. The lowest BCUT2D eigenvalue weighted by atomic mass is 10.1. The van der Waals surface area contributed by atoms with Gasteiger partial charge in [0.25, 0.3) is 0 Å². The molecule has 3 aromatic rings. The van der Waals surface area contributed by atoms with Crippen molar-refractivity contribution in [1.29, 1.82) is 0 Å². The smallest absolute Gasteiger partial charge is 0.335 e. The lowest BCUT2D eigenvalue weighted by Gasteiger charge is -2.05. The van der Waals surface area contributed by atoms with Crippen molar-refractivity contribution in [3.8, 4) is 11.3 Å². The number of carboxylic acids is 1. The number of pyridine rings is 2. The molecular weight excluding hydrogens is 256 g/mol. The number of aromatic nitrogens is 2. The van der Waals surface area contributed by atoms with Crippen molar-refractivity contribution >= 4 is 16.9 Å². The predicted molar refractivity (Wildman–Crippen MR) is 74.8 cm³/mol. The maximum atomic E-state index is 12.1. The first kappa shape index (κ1) is 12.1. The third-order valence-corrected chi connectivity index (χ3v) is 3.05. The highest BCUT2D eigenvalue weighted by atomic mass is 16.4. The Morgan fingerprint density at radius 3 is 2.75 bits per heavy atom. The molecule has 0 atom stereocenters. The van der Waals surface area contributed by atoms with Crippen LogP contribution in [0.4, 0.5) is 0 Å². The average molecular weight is 266 g/mol. The van der Waals surface area contributed by atoms with Crippen LogP contribution in [0, 0.1) is 0 Å². The standard InChI is InChI=1S/C15H10N2O3/c18-14-7-13(10-2-1-5-16-8-10)17-12-4-3-9(15(19)20)6-11(12)14/h1-8H,(H,17,18)(H,19,20). The van der Waals surface area contributed by atoms with Gasteiger partial charge in [0.05, 0.1) is 11.3 Å². The highest BCUT2D eigenvalue weighted by molar-refractivity contribution is 5.93. The first-order chi connectivity index (χ1) is 9.65. The molecule has 0 spiro atoms. The number of nitrogens with one attached hydrogen (secondary N) is 1. The van der Waals surface area contributed by atoms with E-state index >= 15 is 0 Å². The quantitative estimate of drug-likeness (QED) is 0.745. The molecule has 0 fully saturated rings. The summed E-state index contributed by atoms with van der Waals surface area (Å²) in [6.07, 6.45) is 3.31. The molecule has 0 saturated carbocycles. The topological polar surface area (TPSA) is 83.0 Å². The number of carbonyl (C=O) groups is 1. The lowest BCUT2D eigenvalue weighted by Crippen LogP contribution is -2.05. The molecule has 0 aliphatic rings. The highest BCUT2D eigenvalue weighted by Crippen LogP contribution is 2.18. The van der Waals surface area contributed by atoms with Crippen LogP contribution in [0.25, 0.3) is 22.2 Å². The van der Waals surface area contributed by atoms with E-state index in [2.05, 4.69) is 9.97 Å². The van der Waals surface area contributed by atoms with Crippen LogP contribution >= 0.6 is 0 Å². The number of rotatable bonds is 2. The Bertz CT molecular complexity index is 854. The summed E-state index contributed by atoms with van der Waals surface area (Å²) in [5, 5.41) is 9.31. The third-order valence-electron chi connectivity index (χ3n) is 3.05. The van der Waals surface area contributed by atoms with E-state index in [9.17, 15) is 9.59 Å². The SMILES string of the molecule is O=C(O)c1ccc2[nH]c(-c3cccnc3)cc(=O)c2c1.